The molecule has 1 aromatic carbocycles. The molecule has 1 aromatic rings. The van der Waals surface area contributed by atoms with Gasteiger partial charge in [-0.05, 0) is 32.0 Å². The van der Waals surface area contributed by atoms with Crippen molar-refractivity contribution in [1.29, 1.82) is 0 Å². The highest BCUT2D eigenvalue weighted by Gasteiger charge is 2.09. The van der Waals surface area contributed by atoms with E-state index in [0.717, 1.165) is 51.6 Å². The zero-order valence-electron chi connectivity index (χ0n) is 12.4. The topological polar surface area (TPSA) is 33.7 Å². The molecule has 20 heavy (non-hydrogen) atoms. The van der Waals surface area contributed by atoms with Gasteiger partial charge in [-0.2, -0.15) is 0 Å². The van der Waals surface area contributed by atoms with Crippen LogP contribution in [0.4, 0.5) is 5.69 Å². The summed E-state index contributed by atoms with van der Waals surface area (Å²) in [6.07, 6.45) is 2.13. The molecule has 0 radical (unpaired) electrons. The average Bonchev–Trinajstić information content (AvgIpc) is 2.76. The molecule has 0 unspecified atom stereocenters. The van der Waals surface area contributed by atoms with Gasteiger partial charge in [-0.15, -0.1) is 0 Å². The largest absolute Gasteiger partial charge is 0.493 e. The minimum absolute atomic E-state index is 0.713. The van der Waals surface area contributed by atoms with Gasteiger partial charge in [0.2, 0.25) is 0 Å². The molecule has 1 saturated heterocycles. The Morgan fingerprint density at radius 2 is 2.15 bits per heavy atom. The Bertz CT molecular complexity index is 376. The summed E-state index contributed by atoms with van der Waals surface area (Å²) in [5.41, 5.74) is 1.26. The highest BCUT2D eigenvalue weighted by molar-refractivity contribution is 5.50. The fourth-order valence-electron chi connectivity index (χ4n) is 2.37. The lowest BCUT2D eigenvalue weighted by molar-refractivity contribution is 0.131. The lowest BCUT2D eigenvalue weighted by atomic mass is 10.2. The van der Waals surface area contributed by atoms with Crippen molar-refractivity contribution in [1.82, 2.24) is 5.32 Å². The van der Waals surface area contributed by atoms with Crippen molar-refractivity contribution in [2.45, 2.75) is 19.8 Å². The lowest BCUT2D eigenvalue weighted by Gasteiger charge is -2.22. The van der Waals surface area contributed by atoms with E-state index in [-0.39, 0.29) is 0 Å². The first kappa shape index (κ1) is 15.1. The minimum Gasteiger partial charge on any atom is -0.493 e. The Morgan fingerprint density at radius 1 is 1.20 bits per heavy atom. The highest BCUT2D eigenvalue weighted by Crippen LogP contribution is 2.21. The maximum Gasteiger partial charge on any atom is 0.121 e. The van der Waals surface area contributed by atoms with E-state index in [1.54, 1.807) is 0 Å². The van der Waals surface area contributed by atoms with Gasteiger partial charge in [0.25, 0.3) is 0 Å². The fraction of sp³-hybridized carbons (Fsp3) is 0.625. The molecule has 1 aliphatic heterocycles. The Labute approximate surface area is 122 Å². The van der Waals surface area contributed by atoms with Crippen LogP contribution in [-0.2, 0) is 4.74 Å². The summed E-state index contributed by atoms with van der Waals surface area (Å²) in [7, 11) is 0. The van der Waals surface area contributed by atoms with Crippen molar-refractivity contribution in [3.63, 3.8) is 0 Å². The third kappa shape index (κ3) is 5.02. The minimum atomic E-state index is 0.713. The molecule has 0 aromatic heterocycles. The number of ether oxygens (including phenoxy) is 2. The van der Waals surface area contributed by atoms with E-state index in [4.69, 9.17) is 9.47 Å². The monoisotopic (exact) mass is 278 g/mol. The van der Waals surface area contributed by atoms with Crippen LogP contribution in [0.2, 0.25) is 0 Å². The molecule has 2 rings (SSSR count). The van der Waals surface area contributed by atoms with E-state index < -0.39 is 0 Å². The average molecular weight is 278 g/mol. The summed E-state index contributed by atoms with van der Waals surface area (Å²) in [5.74, 6) is 0.955. The molecule has 1 heterocycles. The van der Waals surface area contributed by atoms with Crippen LogP contribution in [0.25, 0.3) is 0 Å². The number of hydrogen-bond donors (Lipinski definition) is 1. The number of rotatable bonds is 7. The van der Waals surface area contributed by atoms with Crippen molar-refractivity contribution in [2.75, 3.05) is 50.9 Å². The summed E-state index contributed by atoms with van der Waals surface area (Å²) < 4.78 is 11.1. The van der Waals surface area contributed by atoms with Gasteiger partial charge >= 0.3 is 0 Å². The van der Waals surface area contributed by atoms with Gasteiger partial charge in [0, 0.05) is 51.0 Å². The lowest BCUT2D eigenvalue weighted by Crippen LogP contribution is -2.27. The number of nitrogens with zero attached hydrogens (tertiary/aromatic N) is 1. The summed E-state index contributed by atoms with van der Waals surface area (Å²) in [6, 6.07) is 8.41. The van der Waals surface area contributed by atoms with Gasteiger partial charge in [0.1, 0.15) is 5.75 Å². The van der Waals surface area contributed by atoms with Crippen LogP contribution in [0.5, 0.6) is 5.75 Å². The fourth-order valence-corrected chi connectivity index (χ4v) is 2.37. The first-order valence-electron chi connectivity index (χ1n) is 7.66. The van der Waals surface area contributed by atoms with Crippen LogP contribution in [0, 0.1) is 0 Å². The van der Waals surface area contributed by atoms with Crippen molar-refractivity contribution >= 4 is 5.69 Å². The predicted octanol–water partition coefficient (Wildman–Crippen LogP) is 2.29. The molecule has 4 nitrogen and oxygen atoms in total. The van der Waals surface area contributed by atoms with Crippen LogP contribution in [-0.4, -0.2) is 46.0 Å². The Balaban J connectivity index is 1.83. The molecule has 112 valence electrons. The third-order valence-electron chi connectivity index (χ3n) is 3.43. The first-order valence-corrected chi connectivity index (χ1v) is 7.66. The molecule has 0 aliphatic carbocycles. The molecule has 0 amide bonds. The van der Waals surface area contributed by atoms with Gasteiger partial charge in [-0.25, -0.2) is 0 Å². The highest BCUT2D eigenvalue weighted by atomic mass is 16.5. The summed E-state index contributed by atoms with van der Waals surface area (Å²) in [4.78, 5) is 2.42. The Hall–Kier alpha value is -1.26. The van der Waals surface area contributed by atoms with E-state index in [9.17, 15) is 0 Å². The van der Waals surface area contributed by atoms with Crippen LogP contribution in [0.1, 0.15) is 19.8 Å². The maximum atomic E-state index is 5.79. The van der Waals surface area contributed by atoms with Gasteiger partial charge in [-0.1, -0.05) is 6.07 Å². The number of nitrogens with one attached hydrogen (secondary N) is 1. The van der Waals surface area contributed by atoms with Crippen LogP contribution >= 0.6 is 0 Å². The molecule has 0 saturated carbocycles. The quantitative estimate of drug-likeness (QED) is 0.776. The number of hydrogen-bond acceptors (Lipinski definition) is 4. The summed E-state index contributed by atoms with van der Waals surface area (Å²) >= 11 is 0. The Morgan fingerprint density at radius 3 is 3.05 bits per heavy atom. The molecule has 0 bridgehead atoms. The van der Waals surface area contributed by atoms with Crippen molar-refractivity contribution in [2.24, 2.45) is 0 Å². The van der Waals surface area contributed by atoms with Gasteiger partial charge in [0.15, 0.2) is 0 Å². The second-order valence-electron chi connectivity index (χ2n) is 4.99. The molecular formula is C16H26N2O2. The van der Waals surface area contributed by atoms with Crippen molar-refractivity contribution in [3.05, 3.63) is 24.3 Å². The van der Waals surface area contributed by atoms with E-state index >= 15 is 0 Å². The molecular weight excluding hydrogens is 252 g/mol. The second kappa shape index (κ2) is 8.82. The molecule has 1 N–H and O–H groups in total. The molecule has 1 fully saturated rings. The van der Waals surface area contributed by atoms with E-state index in [1.165, 1.54) is 12.1 Å². The smallest absolute Gasteiger partial charge is 0.121 e. The van der Waals surface area contributed by atoms with E-state index in [2.05, 4.69) is 28.4 Å². The SMILES string of the molecule is CCOCCCOc1cccc(N2CCCNCC2)c1. The third-order valence-corrected chi connectivity index (χ3v) is 3.43. The van der Waals surface area contributed by atoms with E-state index in [1.807, 2.05) is 13.0 Å². The number of benzene rings is 1. The van der Waals surface area contributed by atoms with Gasteiger partial charge < -0.3 is 19.7 Å². The van der Waals surface area contributed by atoms with Crippen molar-refractivity contribution < 1.29 is 9.47 Å². The molecule has 0 atom stereocenters. The summed E-state index contributed by atoms with van der Waals surface area (Å²) in [6.45, 7) is 8.62. The number of anilines is 1. The molecule has 1 aliphatic rings. The normalized spacial score (nSPS) is 15.9. The maximum absolute atomic E-state index is 5.79. The van der Waals surface area contributed by atoms with Crippen LogP contribution < -0.4 is 15.0 Å². The van der Waals surface area contributed by atoms with Crippen molar-refractivity contribution in [3.8, 4) is 5.75 Å². The molecule has 4 heteroatoms. The van der Waals surface area contributed by atoms with Crippen LogP contribution in [0.15, 0.2) is 24.3 Å². The Kier molecular flexibility index (Phi) is 6.68. The zero-order valence-corrected chi connectivity index (χ0v) is 12.4. The second-order valence-corrected chi connectivity index (χ2v) is 4.99. The van der Waals surface area contributed by atoms with Gasteiger partial charge in [-0.3, -0.25) is 0 Å². The first-order chi connectivity index (χ1) is 9.90. The zero-order chi connectivity index (χ0) is 14.0. The summed E-state index contributed by atoms with van der Waals surface area (Å²) in [5, 5.41) is 3.43. The van der Waals surface area contributed by atoms with Gasteiger partial charge in [0.05, 0.1) is 6.61 Å². The standard InChI is InChI=1S/C16H26N2O2/c1-2-19-12-5-13-20-16-7-3-6-15(14-16)18-10-4-8-17-9-11-18/h3,6-7,14,17H,2,4-5,8-13H2,1H3. The van der Waals surface area contributed by atoms with E-state index in [0.29, 0.717) is 6.61 Å². The molecule has 0 spiro atoms. The predicted molar refractivity (Wildman–Crippen MR) is 82.7 cm³/mol. The van der Waals surface area contributed by atoms with Crippen LogP contribution in [0.3, 0.4) is 0 Å².